The van der Waals surface area contributed by atoms with Gasteiger partial charge in [-0.3, -0.25) is 0 Å². The van der Waals surface area contributed by atoms with Crippen LogP contribution in [0, 0.1) is 11.6 Å². The molecular weight excluding hydrogens is 351 g/mol. The molecule has 2 aromatic rings. The van der Waals surface area contributed by atoms with Crippen LogP contribution >= 0.6 is 39.1 Å². The predicted octanol–water partition coefficient (Wildman–Crippen LogP) is 4.57. The van der Waals surface area contributed by atoms with Crippen LogP contribution < -0.4 is 5.32 Å². The van der Waals surface area contributed by atoms with Gasteiger partial charge in [0.1, 0.15) is 5.15 Å². The molecule has 1 heterocycles. The van der Waals surface area contributed by atoms with Crippen molar-refractivity contribution in [2.45, 2.75) is 0 Å². The lowest BCUT2D eigenvalue weighted by atomic mass is 10.3. The van der Waals surface area contributed by atoms with Gasteiger partial charge in [-0.15, -0.1) is 0 Å². The fraction of sp³-hybridized carbons (Fsp3) is 0. The van der Waals surface area contributed by atoms with Crippen LogP contribution in [0.1, 0.15) is 0 Å². The fourth-order valence-electron chi connectivity index (χ4n) is 1.20. The van der Waals surface area contributed by atoms with Gasteiger partial charge in [0.15, 0.2) is 17.5 Å². The highest BCUT2D eigenvalue weighted by Crippen LogP contribution is 2.31. The first kappa shape index (κ1) is 13.5. The molecule has 0 fully saturated rings. The van der Waals surface area contributed by atoms with Crippen LogP contribution in [0.4, 0.5) is 20.3 Å². The Kier molecular flexibility index (Phi) is 3.99. The molecule has 0 unspecified atom stereocenters. The molecule has 0 atom stereocenters. The summed E-state index contributed by atoms with van der Waals surface area (Å²) in [5, 5.41) is 2.54. The Labute approximate surface area is 119 Å². The molecule has 0 bridgehead atoms. The Balaban J connectivity index is 2.43. The van der Waals surface area contributed by atoms with E-state index in [1.54, 1.807) is 0 Å². The number of rotatable bonds is 2. The summed E-state index contributed by atoms with van der Waals surface area (Å²) >= 11 is 14.5. The summed E-state index contributed by atoms with van der Waals surface area (Å²) in [7, 11) is 0. The normalized spacial score (nSPS) is 10.5. The number of aromatic nitrogens is 2. The van der Waals surface area contributed by atoms with Gasteiger partial charge in [0.25, 0.3) is 0 Å². The minimum Gasteiger partial charge on any atom is -0.337 e. The lowest BCUT2D eigenvalue weighted by Gasteiger charge is -2.09. The summed E-state index contributed by atoms with van der Waals surface area (Å²) in [4.78, 5) is 7.50. The number of benzene rings is 1. The van der Waals surface area contributed by atoms with Crippen LogP contribution in [0.3, 0.4) is 0 Å². The van der Waals surface area contributed by atoms with E-state index in [2.05, 4.69) is 31.2 Å². The van der Waals surface area contributed by atoms with Crippen molar-refractivity contribution in [3.8, 4) is 0 Å². The molecule has 8 heteroatoms. The predicted molar refractivity (Wildman–Crippen MR) is 69.4 cm³/mol. The highest BCUT2D eigenvalue weighted by Gasteiger charge is 2.13. The highest BCUT2D eigenvalue weighted by atomic mass is 79.9. The van der Waals surface area contributed by atoms with Crippen molar-refractivity contribution in [2.75, 3.05) is 5.32 Å². The molecule has 0 aliphatic carbocycles. The molecule has 3 nitrogen and oxygen atoms in total. The van der Waals surface area contributed by atoms with E-state index in [1.807, 2.05) is 0 Å². The molecule has 1 N–H and O–H groups in total. The maximum absolute atomic E-state index is 13.5. The van der Waals surface area contributed by atoms with Gasteiger partial charge in [0.05, 0.1) is 10.2 Å². The molecule has 0 aliphatic rings. The Morgan fingerprint density at radius 1 is 1.17 bits per heavy atom. The molecule has 0 amide bonds. The van der Waals surface area contributed by atoms with Crippen LogP contribution in [0.5, 0.6) is 0 Å². The first-order valence-corrected chi connectivity index (χ1v) is 6.13. The van der Waals surface area contributed by atoms with E-state index in [1.165, 1.54) is 12.1 Å². The quantitative estimate of drug-likeness (QED) is 0.634. The molecule has 0 saturated carbocycles. The topological polar surface area (TPSA) is 37.8 Å². The van der Waals surface area contributed by atoms with Crippen molar-refractivity contribution in [3.63, 3.8) is 0 Å². The summed E-state index contributed by atoms with van der Waals surface area (Å²) in [6, 6.07) is 3.73. The number of nitrogens with zero attached hydrogens (tertiary/aromatic N) is 2. The van der Waals surface area contributed by atoms with Crippen LogP contribution in [-0.4, -0.2) is 9.97 Å². The van der Waals surface area contributed by atoms with Gasteiger partial charge in [0.2, 0.25) is 5.28 Å². The molecule has 18 heavy (non-hydrogen) atoms. The highest BCUT2D eigenvalue weighted by molar-refractivity contribution is 9.10. The lowest BCUT2D eigenvalue weighted by molar-refractivity contribution is 0.511. The first-order valence-electron chi connectivity index (χ1n) is 4.58. The third-order valence-corrected chi connectivity index (χ3v) is 3.41. The number of hydrogen-bond acceptors (Lipinski definition) is 3. The van der Waals surface area contributed by atoms with Gasteiger partial charge in [-0.2, -0.15) is 4.98 Å². The molecule has 0 aliphatic heterocycles. The second-order valence-corrected chi connectivity index (χ2v) is 4.66. The zero-order valence-electron chi connectivity index (χ0n) is 8.52. The average molecular weight is 355 g/mol. The van der Waals surface area contributed by atoms with Crippen LogP contribution in [0.2, 0.25) is 10.4 Å². The summed E-state index contributed by atoms with van der Waals surface area (Å²) < 4.78 is 26.8. The van der Waals surface area contributed by atoms with Gasteiger partial charge in [0, 0.05) is 0 Å². The molecule has 0 spiro atoms. The van der Waals surface area contributed by atoms with E-state index in [4.69, 9.17) is 23.2 Å². The van der Waals surface area contributed by atoms with E-state index in [0.29, 0.717) is 4.47 Å². The second-order valence-electron chi connectivity index (χ2n) is 3.17. The first-order chi connectivity index (χ1) is 8.49. The Bertz CT molecular complexity index is 610. The number of halogens is 5. The van der Waals surface area contributed by atoms with Crippen LogP contribution in [0.15, 0.2) is 22.7 Å². The zero-order valence-corrected chi connectivity index (χ0v) is 11.6. The average Bonchev–Trinajstić information content (AvgIpc) is 2.31. The Morgan fingerprint density at radius 2 is 1.89 bits per heavy atom. The van der Waals surface area contributed by atoms with Gasteiger partial charge in [-0.05, 0) is 39.7 Å². The summed E-state index contributed by atoms with van der Waals surface area (Å²) in [5.74, 6) is -1.85. The molecule has 94 valence electrons. The largest absolute Gasteiger partial charge is 0.337 e. The van der Waals surface area contributed by atoms with E-state index in [-0.39, 0.29) is 21.9 Å². The fourth-order valence-corrected chi connectivity index (χ4v) is 1.86. The van der Waals surface area contributed by atoms with Crippen LogP contribution in [0.25, 0.3) is 0 Å². The minimum atomic E-state index is -1.02. The standard InChI is InChI=1S/C10H4BrCl2F2N3/c11-6-8(12)17-10(13)18-9(6)16-5-3-1-2-4(14)7(5)15/h1-3H,(H,16,17,18). The molecule has 2 rings (SSSR count). The van der Waals surface area contributed by atoms with E-state index in [9.17, 15) is 8.78 Å². The second kappa shape index (κ2) is 5.34. The van der Waals surface area contributed by atoms with Crippen molar-refractivity contribution in [1.82, 2.24) is 9.97 Å². The van der Waals surface area contributed by atoms with Gasteiger partial charge < -0.3 is 5.32 Å². The number of anilines is 2. The third kappa shape index (κ3) is 2.71. The Morgan fingerprint density at radius 3 is 2.61 bits per heavy atom. The maximum atomic E-state index is 13.5. The maximum Gasteiger partial charge on any atom is 0.225 e. The van der Waals surface area contributed by atoms with Crippen LogP contribution in [-0.2, 0) is 0 Å². The molecule has 0 saturated heterocycles. The van der Waals surface area contributed by atoms with Gasteiger partial charge in [-0.1, -0.05) is 17.7 Å². The van der Waals surface area contributed by atoms with Crippen molar-refractivity contribution < 1.29 is 8.78 Å². The van der Waals surface area contributed by atoms with Gasteiger partial charge in [-0.25, -0.2) is 13.8 Å². The third-order valence-electron chi connectivity index (χ3n) is 1.99. The monoisotopic (exact) mass is 353 g/mol. The van der Waals surface area contributed by atoms with E-state index in [0.717, 1.165) is 6.07 Å². The summed E-state index contributed by atoms with van der Waals surface area (Å²) in [5.41, 5.74) is -0.0819. The smallest absolute Gasteiger partial charge is 0.225 e. The SMILES string of the molecule is Fc1cccc(Nc2nc(Cl)nc(Cl)c2Br)c1F. The lowest BCUT2D eigenvalue weighted by Crippen LogP contribution is -2.00. The van der Waals surface area contributed by atoms with Crippen molar-refractivity contribution in [2.24, 2.45) is 0 Å². The van der Waals surface area contributed by atoms with Gasteiger partial charge >= 0.3 is 0 Å². The molecule has 1 aromatic heterocycles. The van der Waals surface area contributed by atoms with E-state index < -0.39 is 11.6 Å². The van der Waals surface area contributed by atoms with Crippen molar-refractivity contribution >= 4 is 50.6 Å². The van der Waals surface area contributed by atoms with E-state index >= 15 is 0 Å². The molecular formula is C10H4BrCl2F2N3. The molecule has 1 aromatic carbocycles. The summed E-state index contributed by atoms with van der Waals surface area (Å²) in [6.45, 7) is 0. The summed E-state index contributed by atoms with van der Waals surface area (Å²) in [6.07, 6.45) is 0. The zero-order chi connectivity index (χ0) is 13.3. The number of nitrogens with one attached hydrogen (secondary N) is 1. The van der Waals surface area contributed by atoms with Crippen molar-refractivity contribution in [3.05, 3.63) is 44.7 Å². The Hall–Kier alpha value is -0.980. The minimum absolute atomic E-state index is 0.0642. The molecule has 0 radical (unpaired) electrons. The number of hydrogen-bond donors (Lipinski definition) is 1. The van der Waals surface area contributed by atoms with Crippen molar-refractivity contribution in [1.29, 1.82) is 0 Å².